The molecule has 0 spiro atoms. The van der Waals surface area contributed by atoms with E-state index < -0.39 is 0 Å². The number of nitrogens with one attached hydrogen (secondary N) is 1. The largest absolute Gasteiger partial charge is 0.319 e. The lowest BCUT2D eigenvalue weighted by atomic mass is 10.4. The molecule has 1 aromatic heterocycles. The van der Waals surface area contributed by atoms with E-state index >= 15 is 0 Å². The van der Waals surface area contributed by atoms with Crippen molar-refractivity contribution in [3.8, 4) is 0 Å². The summed E-state index contributed by atoms with van der Waals surface area (Å²) >= 11 is 3.27. The maximum atomic E-state index is 4.12. The number of halogens is 3. The van der Waals surface area contributed by atoms with Crippen LogP contribution in [0.1, 0.15) is 5.82 Å². The summed E-state index contributed by atoms with van der Waals surface area (Å²) in [4.78, 5) is 8.24. The maximum Gasteiger partial charge on any atom is 0.129 e. The molecule has 0 saturated heterocycles. The standard InChI is InChI=1S/C7H10BrN3.2ClH/c1-9-3-2-7-10-4-6(8)5-11-7;;/h4-5,9H,2-3H2,1H3;2*1H. The van der Waals surface area contributed by atoms with Gasteiger partial charge < -0.3 is 5.32 Å². The van der Waals surface area contributed by atoms with Crippen molar-refractivity contribution in [1.82, 2.24) is 15.3 Å². The summed E-state index contributed by atoms with van der Waals surface area (Å²) < 4.78 is 0.922. The number of rotatable bonds is 3. The van der Waals surface area contributed by atoms with E-state index in [9.17, 15) is 0 Å². The molecule has 0 radical (unpaired) electrons. The molecular weight excluding hydrogens is 277 g/mol. The summed E-state index contributed by atoms with van der Waals surface area (Å²) in [6.45, 7) is 0.918. The number of aromatic nitrogens is 2. The number of hydrogen-bond donors (Lipinski definition) is 1. The van der Waals surface area contributed by atoms with E-state index in [1.165, 1.54) is 0 Å². The molecule has 1 heterocycles. The van der Waals surface area contributed by atoms with Crippen molar-refractivity contribution in [2.24, 2.45) is 0 Å². The number of nitrogens with zero attached hydrogens (tertiary/aromatic N) is 2. The van der Waals surface area contributed by atoms with Gasteiger partial charge >= 0.3 is 0 Å². The van der Waals surface area contributed by atoms with Crippen LogP contribution in [-0.2, 0) is 6.42 Å². The minimum atomic E-state index is 0. The molecule has 13 heavy (non-hydrogen) atoms. The maximum absolute atomic E-state index is 4.12. The molecule has 0 bridgehead atoms. The van der Waals surface area contributed by atoms with Gasteiger partial charge in [0.1, 0.15) is 5.82 Å². The Balaban J connectivity index is 0. The quantitative estimate of drug-likeness (QED) is 0.922. The van der Waals surface area contributed by atoms with Crippen LogP contribution in [0.25, 0.3) is 0 Å². The van der Waals surface area contributed by atoms with Gasteiger partial charge in [-0.05, 0) is 23.0 Å². The summed E-state index contributed by atoms with van der Waals surface area (Å²) in [5.41, 5.74) is 0. The van der Waals surface area contributed by atoms with Gasteiger partial charge in [0.25, 0.3) is 0 Å². The molecule has 0 aliphatic heterocycles. The Kier molecular flexibility index (Phi) is 10.4. The highest BCUT2D eigenvalue weighted by Crippen LogP contribution is 2.03. The number of likely N-dealkylation sites (N-methyl/N-ethyl adjacent to an activating group) is 1. The Hall–Kier alpha value is 0.1000. The topological polar surface area (TPSA) is 37.8 Å². The third kappa shape index (κ3) is 6.21. The van der Waals surface area contributed by atoms with Gasteiger partial charge in [-0.25, -0.2) is 9.97 Å². The molecule has 0 atom stereocenters. The van der Waals surface area contributed by atoms with Crippen LogP contribution in [0.2, 0.25) is 0 Å². The van der Waals surface area contributed by atoms with E-state index in [4.69, 9.17) is 0 Å². The van der Waals surface area contributed by atoms with Gasteiger partial charge in [0.05, 0.1) is 4.47 Å². The van der Waals surface area contributed by atoms with Crippen LogP contribution in [0.5, 0.6) is 0 Å². The normalized spacial score (nSPS) is 8.46. The van der Waals surface area contributed by atoms with Gasteiger partial charge in [0, 0.05) is 25.4 Å². The smallest absolute Gasteiger partial charge is 0.129 e. The third-order valence-corrected chi connectivity index (χ3v) is 1.68. The third-order valence-electron chi connectivity index (χ3n) is 1.27. The van der Waals surface area contributed by atoms with E-state index in [1.54, 1.807) is 12.4 Å². The van der Waals surface area contributed by atoms with Crippen molar-refractivity contribution in [2.75, 3.05) is 13.6 Å². The molecule has 0 unspecified atom stereocenters. The average molecular weight is 289 g/mol. The molecule has 1 rings (SSSR count). The summed E-state index contributed by atoms with van der Waals surface area (Å²) in [5, 5.41) is 3.04. The molecule has 1 N–H and O–H groups in total. The van der Waals surface area contributed by atoms with E-state index in [0.29, 0.717) is 0 Å². The van der Waals surface area contributed by atoms with Gasteiger partial charge in [-0.2, -0.15) is 0 Å². The summed E-state index contributed by atoms with van der Waals surface area (Å²) in [6, 6.07) is 0. The van der Waals surface area contributed by atoms with Crippen LogP contribution in [0.3, 0.4) is 0 Å². The lowest BCUT2D eigenvalue weighted by molar-refractivity contribution is 0.754. The second kappa shape index (κ2) is 8.69. The molecule has 0 aromatic carbocycles. The van der Waals surface area contributed by atoms with Gasteiger partial charge in [-0.3, -0.25) is 0 Å². The van der Waals surface area contributed by atoms with Crippen molar-refractivity contribution in [2.45, 2.75) is 6.42 Å². The minimum Gasteiger partial charge on any atom is -0.319 e. The van der Waals surface area contributed by atoms with Crippen LogP contribution in [0, 0.1) is 0 Å². The highest BCUT2D eigenvalue weighted by Gasteiger charge is 1.93. The summed E-state index contributed by atoms with van der Waals surface area (Å²) in [6.07, 6.45) is 4.40. The zero-order valence-electron chi connectivity index (χ0n) is 7.16. The first-order valence-corrected chi connectivity index (χ1v) is 4.23. The van der Waals surface area contributed by atoms with Crippen molar-refractivity contribution in [3.05, 3.63) is 22.7 Å². The van der Waals surface area contributed by atoms with E-state index in [2.05, 4.69) is 31.2 Å². The lowest BCUT2D eigenvalue weighted by Gasteiger charge is -1.97. The first-order chi connectivity index (χ1) is 5.33. The first-order valence-electron chi connectivity index (χ1n) is 3.44. The fraction of sp³-hybridized carbons (Fsp3) is 0.429. The van der Waals surface area contributed by atoms with Gasteiger partial charge in [0.15, 0.2) is 0 Å². The van der Waals surface area contributed by atoms with Gasteiger partial charge in [0.2, 0.25) is 0 Å². The van der Waals surface area contributed by atoms with Crippen LogP contribution in [0.15, 0.2) is 16.9 Å². The Morgan fingerprint density at radius 3 is 2.31 bits per heavy atom. The SMILES string of the molecule is CNCCc1ncc(Br)cn1.Cl.Cl. The predicted molar refractivity (Wildman–Crippen MR) is 61.9 cm³/mol. The first kappa shape index (κ1) is 15.6. The van der Waals surface area contributed by atoms with Crippen LogP contribution in [-0.4, -0.2) is 23.6 Å². The highest BCUT2D eigenvalue weighted by molar-refractivity contribution is 9.10. The fourth-order valence-electron chi connectivity index (χ4n) is 0.705. The monoisotopic (exact) mass is 287 g/mol. The van der Waals surface area contributed by atoms with Crippen molar-refractivity contribution < 1.29 is 0 Å². The van der Waals surface area contributed by atoms with Crippen LogP contribution >= 0.6 is 40.7 Å². The second-order valence-electron chi connectivity index (χ2n) is 2.17. The van der Waals surface area contributed by atoms with Gasteiger partial charge in [-0.1, -0.05) is 0 Å². The molecule has 0 aliphatic rings. The second-order valence-corrected chi connectivity index (χ2v) is 3.09. The van der Waals surface area contributed by atoms with Gasteiger partial charge in [-0.15, -0.1) is 24.8 Å². The Morgan fingerprint density at radius 2 is 1.85 bits per heavy atom. The molecule has 0 aliphatic carbocycles. The van der Waals surface area contributed by atoms with E-state index in [0.717, 1.165) is 23.3 Å². The van der Waals surface area contributed by atoms with E-state index in [-0.39, 0.29) is 24.8 Å². The Bertz CT molecular complexity index is 217. The van der Waals surface area contributed by atoms with Crippen LogP contribution < -0.4 is 5.32 Å². The van der Waals surface area contributed by atoms with Crippen molar-refractivity contribution in [3.63, 3.8) is 0 Å². The number of hydrogen-bond acceptors (Lipinski definition) is 3. The molecule has 0 saturated carbocycles. The molecule has 0 amide bonds. The Labute approximate surface area is 98.7 Å². The minimum absolute atomic E-state index is 0. The molecule has 3 nitrogen and oxygen atoms in total. The molecule has 0 fully saturated rings. The summed E-state index contributed by atoms with van der Waals surface area (Å²) in [7, 11) is 1.92. The fourth-order valence-corrected chi connectivity index (χ4v) is 0.910. The van der Waals surface area contributed by atoms with Crippen LogP contribution in [0.4, 0.5) is 0 Å². The Morgan fingerprint density at radius 1 is 1.31 bits per heavy atom. The highest BCUT2D eigenvalue weighted by atomic mass is 79.9. The summed E-state index contributed by atoms with van der Waals surface area (Å²) in [5.74, 6) is 0.877. The average Bonchev–Trinajstić information content (AvgIpc) is 2.04. The molecule has 76 valence electrons. The molecule has 6 heteroatoms. The van der Waals surface area contributed by atoms with E-state index in [1.807, 2.05) is 7.05 Å². The molecule has 1 aromatic rings. The molecular formula is C7H12BrCl2N3. The lowest BCUT2D eigenvalue weighted by Crippen LogP contribution is -2.11. The van der Waals surface area contributed by atoms with Crippen molar-refractivity contribution in [1.29, 1.82) is 0 Å². The zero-order chi connectivity index (χ0) is 8.10. The van der Waals surface area contributed by atoms with Crippen molar-refractivity contribution >= 4 is 40.7 Å². The predicted octanol–water partition coefficient (Wildman–Crippen LogP) is 1.84. The zero-order valence-corrected chi connectivity index (χ0v) is 10.4.